The minimum atomic E-state index is -0.395. The molecule has 6 heteroatoms. The number of aromatic nitrogens is 1. The smallest absolute Gasteiger partial charge is 0.254 e. The van der Waals surface area contributed by atoms with Gasteiger partial charge in [-0.2, -0.15) is 0 Å². The molecule has 2 heterocycles. The molecule has 0 saturated carbocycles. The predicted molar refractivity (Wildman–Crippen MR) is 97.3 cm³/mol. The normalized spacial score (nSPS) is 15.0. The number of carbonyl (C=O) groups excluding carboxylic acids is 1. The van der Waals surface area contributed by atoms with Crippen LogP contribution in [0.25, 0.3) is 0 Å². The van der Waals surface area contributed by atoms with Crippen LogP contribution in [0.4, 0.5) is 4.39 Å². The van der Waals surface area contributed by atoms with E-state index in [2.05, 4.69) is 9.88 Å². The van der Waals surface area contributed by atoms with E-state index in [1.54, 1.807) is 29.4 Å². The number of morpholine rings is 1. The largest absolute Gasteiger partial charge is 0.379 e. The molecule has 0 aliphatic carbocycles. The summed E-state index contributed by atoms with van der Waals surface area (Å²) in [6.07, 6.45) is 4.30. The van der Waals surface area contributed by atoms with Crippen molar-refractivity contribution in [2.45, 2.75) is 13.0 Å². The van der Waals surface area contributed by atoms with E-state index >= 15 is 0 Å². The lowest BCUT2D eigenvalue weighted by molar-refractivity contribution is 0.0355. The first-order valence-corrected chi connectivity index (χ1v) is 8.96. The number of hydrogen-bond acceptors (Lipinski definition) is 4. The maximum Gasteiger partial charge on any atom is 0.254 e. The van der Waals surface area contributed by atoms with Crippen LogP contribution in [-0.2, 0) is 11.3 Å². The number of rotatable bonds is 7. The van der Waals surface area contributed by atoms with E-state index in [-0.39, 0.29) is 5.91 Å². The topological polar surface area (TPSA) is 45.7 Å². The summed E-state index contributed by atoms with van der Waals surface area (Å²) in [5, 5.41) is 0. The quantitative estimate of drug-likeness (QED) is 0.764. The van der Waals surface area contributed by atoms with Crippen LogP contribution in [0.2, 0.25) is 0 Å². The first-order valence-electron chi connectivity index (χ1n) is 8.96. The molecule has 138 valence electrons. The van der Waals surface area contributed by atoms with Crippen LogP contribution >= 0.6 is 0 Å². The van der Waals surface area contributed by atoms with Crippen molar-refractivity contribution in [2.24, 2.45) is 0 Å². The summed E-state index contributed by atoms with van der Waals surface area (Å²) in [6, 6.07) is 9.67. The summed E-state index contributed by atoms with van der Waals surface area (Å²) in [6.45, 7) is 5.43. The van der Waals surface area contributed by atoms with E-state index in [9.17, 15) is 9.18 Å². The van der Waals surface area contributed by atoms with Crippen LogP contribution in [0.3, 0.4) is 0 Å². The van der Waals surface area contributed by atoms with E-state index in [0.717, 1.165) is 44.8 Å². The fourth-order valence-corrected chi connectivity index (χ4v) is 3.08. The van der Waals surface area contributed by atoms with Crippen molar-refractivity contribution in [3.05, 3.63) is 65.7 Å². The molecular weight excluding hydrogens is 333 g/mol. The minimum absolute atomic E-state index is 0.150. The standard InChI is InChI=1S/C20H24FN3O2/c21-19-4-1-3-18(15-19)20(25)24(16-17-5-7-22-8-6-17)10-2-9-23-11-13-26-14-12-23/h1,3-8,15H,2,9-14,16H2. The van der Waals surface area contributed by atoms with Crippen LogP contribution in [0.1, 0.15) is 22.3 Å². The van der Waals surface area contributed by atoms with Gasteiger partial charge in [0.05, 0.1) is 13.2 Å². The van der Waals surface area contributed by atoms with Gasteiger partial charge in [-0.25, -0.2) is 4.39 Å². The van der Waals surface area contributed by atoms with Crippen molar-refractivity contribution >= 4 is 5.91 Å². The monoisotopic (exact) mass is 357 g/mol. The highest BCUT2D eigenvalue weighted by atomic mass is 19.1. The van der Waals surface area contributed by atoms with Crippen LogP contribution in [0, 0.1) is 5.82 Å². The van der Waals surface area contributed by atoms with E-state index in [4.69, 9.17) is 4.74 Å². The summed E-state index contributed by atoms with van der Waals surface area (Å²) in [7, 11) is 0. The average molecular weight is 357 g/mol. The Hall–Kier alpha value is -2.31. The molecule has 0 bridgehead atoms. The summed E-state index contributed by atoms with van der Waals surface area (Å²) in [5.74, 6) is -0.545. The van der Waals surface area contributed by atoms with E-state index in [1.807, 2.05) is 12.1 Å². The van der Waals surface area contributed by atoms with Gasteiger partial charge < -0.3 is 9.64 Å². The van der Waals surface area contributed by atoms with Gasteiger partial charge >= 0.3 is 0 Å². The molecule has 3 rings (SSSR count). The Kier molecular flexibility index (Phi) is 6.68. The van der Waals surface area contributed by atoms with E-state index in [0.29, 0.717) is 18.7 Å². The first-order chi connectivity index (χ1) is 12.7. The lowest BCUT2D eigenvalue weighted by Crippen LogP contribution is -2.39. The van der Waals surface area contributed by atoms with Crippen LogP contribution in [-0.4, -0.2) is 60.1 Å². The molecule has 1 fully saturated rings. The zero-order chi connectivity index (χ0) is 18.2. The molecule has 1 amide bonds. The molecular formula is C20H24FN3O2. The maximum atomic E-state index is 13.5. The lowest BCUT2D eigenvalue weighted by Gasteiger charge is -2.28. The summed E-state index contributed by atoms with van der Waals surface area (Å²) in [4.78, 5) is 21.0. The van der Waals surface area contributed by atoms with E-state index in [1.165, 1.54) is 12.1 Å². The molecule has 1 aromatic heterocycles. The lowest BCUT2D eigenvalue weighted by atomic mass is 10.1. The zero-order valence-corrected chi connectivity index (χ0v) is 14.8. The van der Waals surface area contributed by atoms with Gasteiger partial charge in [0.25, 0.3) is 5.91 Å². The van der Waals surface area contributed by atoms with Gasteiger partial charge in [0.15, 0.2) is 0 Å². The second-order valence-electron chi connectivity index (χ2n) is 6.40. The molecule has 1 saturated heterocycles. The van der Waals surface area contributed by atoms with Crippen molar-refractivity contribution < 1.29 is 13.9 Å². The molecule has 1 aliphatic rings. The van der Waals surface area contributed by atoms with Crippen molar-refractivity contribution in [3.63, 3.8) is 0 Å². The fourth-order valence-electron chi connectivity index (χ4n) is 3.08. The third kappa shape index (κ3) is 5.34. The Morgan fingerprint density at radius 2 is 1.96 bits per heavy atom. The zero-order valence-electron chi connectivity index (χ0n) is 14.8. The second kappa shape index (κ2) is 9.40. The number of halogens is 1. The number of nitrogens with zero attached hydrogens (tertiary/aromatic N) is 3. The average Bonchev–Trinajstić information content (AvgIpc) is 2.68. The number of hydrogen-bond donors (Lipinski definition) is 0. The van der Waals surface area contributed by atoms with E-state index < -0.39 is 5.82 Å². The van der Waals surface area contributed by atoms with Crippen molar-refractivity contribution in [3.8, 4) is 0 Å². The predicted octanol–water partition coefficient (Wildman–Crippen LogP) is 2.59. The van der Waals surface area contributed by atoms with Gasteiger partial charge in [0, 0.05) is 50.7 Å². The SMILES string of the molecule is O=C(c1cccc(F)c1)N(CCCN1CCOCC1)Cc1ccncc1. The molecule has 26 heavy (non-hydrogen) atoms. The summed E-state index contributed by atoms with van der Waals surface area (Å²) < 4.78 is 18.9. The Morgan fingerprint density at radius 1 is 1.19 bits per heavy atom. The molecule has 5 nitrogen and oxygen atoms in total. The first kappa shape index (κ1) is 18.5. The Labute approximate surface area is 153 Å². The molecule has 0 atom stereocenters. The summed E-state index contributed by atoms with van der Waals surface area (Å²) >= 11 is 0. The number of amides is 1. The molecule has 0 unspecified atom stereocenters. The highest BCUT2D eigenvalue weighted by molar-refractivity contribution is 5.94. The number of benzene rings is 1. The minimum Gasteiger partial charge on any atom is -0.379 e. The molecule has 0 radical (unpaired) electrons. The van der Waals surface area contributed by atoms with Gasteiger partial charge in [0.2, 0.25) is 0 Å². The number of pyridine rings is 1. The molecule has 0 spiro atoms. The van der Waals surface area contributed by atoms with Crippen molar-refractivity contribution in [1.82, 2.24) is 14.8 Å². The summed E-state index contributed by atoms with van der Waals surface area (Å²) in [5.41, 5.74) is 1.39. The molecule has 0 N–H and O–H groups in total. The van der Waals surface area contributed by atoms with Crippen LogP contribution in [0.15, 0.2) is 48.8 Å². The second-order valence-corrected chi connectivity index (χ2v) is 6.40. The van der Waals surface area contributed by atoms with Gasteiger partial charge in [-0.15, -0.1) is 0 Å². The fraction of sp³-hybridized carbons (Fsp3) is 0.400. The molecule has 2 aromatic rings. The van der Waals surface area contributed by atoms with Gasteiger partial charge in [-0.3, -0.25) is 14.7 Å². The van der Waals surface area contributed by atoms with Crippen molar-refractivity contribution in [1.29, 1.82) is 0 Å². The Bertz CT molecular complexity index is 705. The van der Waals surface area contributed by atoms with Gasteiger partial charge in [-0.1, -0.05) is 6.07 Å². The van der Waals surface area contributed by atoms with Crippen LogP contribution < -0.4 is 0 Å². The number of carbonyl (C=O) groups is 1. The number of ether oxygens (including phenoxy) is 1. The molecule has 1 aliphatic heterocycles. The third-order valence-corrected chi connectivity index (χ3v) is 4.49. The van der Waals surface area contributed by atoms with Crippen LogP contribution in [0.5, 0.6) is 0 Å². The maximum absolute atomic E-state index is 13.5. The highest BCUT2D eigenvalue weighted by Crippen LogP contribution is 2.12. The van der Waals surface area contributed by atoms with Gasteiger partial charge in [-0.05, 0) is 42.3 Å². The highest BCUT2D eigenvalue weighted by Gasteiger charge is 2.18. The van der Waals surface area contributed by atoms with Gasteiger partial charge in [0.1, 0.15) is 5.82 Å². The van der Waals surface area contributed by atoms with Crippen molar-refractivity contribution in [2.75, 3.05) is 39.4 Å². The molecule has 1 aromatic carbocycles. The Balaban J connectivity index is 1.65. The Morgan fingerprint density at radius 3 is 2.69 bits per heavy atom. The third-order valence-electron chi connectivity index (χ3n) is 4.49.